The molecule has 0 radical (unpaired) electrons. The number of hydrogen-bond acceptors (Lipinski definition) is 3. The SMILES string of the molecule is Cc1cc(C)n(C(C)C(=O)N2CC(CN)CC2C)n1. The van der Waals surface area contributed by atoms with Gasteiger partial charge in [0.15, 0.2) is 0 Å². The molecule has 1 aromatic rings. The number of aromatic nitrogens is 2. The molecule has 19 heavy (non-hydrogen) atoms. The summed E-state index contributed by atoms with van der Waals surface area (Å²) in [7, 11) is 0. The molecule has 0 saturated carbocycles. The molecular weight excluding hydrogens is 240 g/mol. The first-order chi connectivity index (χ1) is 8.93. The van der Waals surface area contributed by atoms with Crippen molar-refractivity contribution in [2.45, 2.75) is 46.2 Å². The highest BCUT2D eigenvalue weighted by Crippen LogP contribution is 2.25. The monoisotopic (exact) mass is 264 g/mol. The van der Waals surface area contributed by atoms with E-state index < -0.39 is 0 Å². The topological polar surface area (TPSA) is 64.2 Å². The number of nitrogens with zero attached hydrogens (tertiary/aromatic N) is 3. The quantitative estimate of drug-likeness (QED) is 0.894. The number of hydrogen-bond donors (Lipinski definition) is 1. The van der Waals surface area contributed by atoms with Crippen molar-refractivity contribution >= 4 is 5.91 Å². The number of amides is 1. The third kappa shape index (κ3) is 2.66. The van der Waals surface area contributed by atoms with Crippen LogP contribution >= 0.6 is 0 Å². The second kappa shape index (κ2) is 5.33. The first-order valence-electron chi connectivity index (χ1n) is 6.97. The lowest BCUT2D eigenvalue weighted by atomic mass is 10.1. The van der Waals surface area contributed by atoms with E-state index in [-0.39, 0.29) is 18.0 Å². The Bertz CT molecular complexity index is 468. The van der Waals surface area contributed by atoms with Crippen LogP contribution in [0.2, 0.25) is 0 Å². The molecule has 3 atom stereocenters. The molecule has 1 fully saturated rings. The Kier molecular flexibility index (Phi) is 3.94. The van der Waals surface area contributed by atoms with Gasteiger partial charge in [-0.3, -0.25) is 9.48 Å². The fraction of sp³-hybridized carbons (Fsp3) is 0.714. The Morgan fingerprint density at radius 2 is 2.26 bits per heavy atom. The molecule has 1 amide bonds. The smallest absolute Gasteiger partial charge is 0.247 e. The fourth-order valence-electron chi connectivity index (χ4n) is 3.00. The minimum atomic E-state index is -0.243. The zero-order chi connectivity index (χ0) is 14.2. The van der Waals surface area contributed by atoms with Crippen LogP contribution in [0, 0.1) is 19.8 Å². The molecule has 5 heteroatoms. The van der Waals surface area contributed by atoms with Crippen LogP contribution in [0.25, 0.3) is 0 Å². The van der Waals surface area contributed by atoms with Crippen molar-refractivity contribution in [3.63, 3.8) is 0 Å². The minimum Gasteiger partial charge on any atom is -0.338 e. The van der Waals surface area contributed by atoms with Crippen molar-refractivity contribution in [1.82, 2.24) is 14.7 Å². The number of carbonyl (C=O) groups excluding carboxylic acids is 1. The van der Waals surface area contributed by atoms with E-state index in [1.807, 2.05) is 36.4 Å². The van der Waals surface area contributed by atoms with Crippen LogP contribution < -0.4 is 5.73 Å². The minimum absolute atomic E-state index is 0.148. The van der Waals surface area contributed by atoms with Gasteiger partial charge in [-0.1, -0.05) is 0 Å². The van der Waals surface area contributed by atoms with Gasteiger partial charge >= 0.3 is 0 Å². The van der Waals surface area contributed by atoms with Crippen molar-refractivity contribution in [2.75, 3.05) is 13.1 Å². The summed E-state index contributed by atoms with van der Waals surface area (Å²) in [4.78, 5) is 14.6. The Morgan fingerprint density at radius 1 is 1.58 bits per heavy atom. The first-order valence-corrected chi connectivity index (χ1v) is 6.97. The van der Waals surface area contributed by atoms with Crippen molar-refractivity contribution in [2.24, 2.45) is 11.7 Å². The number of likely N-dealkylation sites (tertiary alicyclic amines) is 1. The summed E-state index contributed by atoms with van der Waals surface area (Å²) in [6.07, 6.45) is 1.01. The number of carbonyl (C=O) groups is 1. The van der Waals surface area contributed by atoms with E-state index in [0.717, 1.165) is 24.4 Å². The average molecular weight is 264 g/mol. The van der Waals surface area contributed by atoms with Gasteiger partial charge < -0.3 is 10.6 Å². The molecule has 0 bridgehead atoms. The molecular formula is C14H24N4O. The maximum Gasteiger partial charge on any atom is 0.247 e. The van der Waals surface area contributed by atoms with E-state index in [1.165, 1.54) is 0 Å². The van der Waals surface area contributed by atoms with Crippen LogP contribution in [-0.2, 0) is 4.79 Å². The number of nitrogens with two attached hydrogens (primary N) is 1. The molecule has 2 heterocycles. The van der Waals surface area contributed by atoms with Gasteiger partial charge in [-0.15, -0.1) is 0 Å². The summed E-state index contributed by atoms with van der Waals surface area (Å²) in [5.41, 5.74) is 7.70. The van der Waals surface area contributed by atoms with Gasteiger partial charge in [0.25, 0.3) is 0 Å². The van der Waals surface area contributed by atoms with Crippen LogP contribution in [0.4, 0.5) is 0 Å². The first kappa shape index (κ1) is 14.1. The van der Waals surface area contributed by atoms with Gasteiger partial charge in [-0.05, 0) is 52.6 Å². The van der Waals surface area contributed by atoms with Gasteiger partial charge in [0, 0.05) is 18.3 Å². The molecule has 0 aliphatic carbocycles. The third-order valence-electron chi connectivity index (χ3n) is 4.05. The molecule has 0 aromatic carbocycles. The summed E-state index contributed by atoms with van der Waals surface area (Å²) >= 11 is 0. The van der Waals surface area contributed by atoms with Gasteiger partial charge in [0.05, 0.1) is 5.69 Å². The summed E-state index contributed by atoms with van der Waals surface area (Å²) in [6, 6.07) is 2.04. The molecule has 3 unspecified atom stereocenters. The molecule has 1 saturated heterocycles. The summed E-state index contributed by atoms with van der Waals surface area (Å²) in [5, 5.41) is 4.41. The van der Waals surface area contributed by atoms with E-state index in [2.05, 4.69) is 12.0 Å². The zero-order valence-electron chi connectivity index (χ0n) is 12.3. The highest BCUT2D eigenvalue weighted by atomic mass is 16.2. The lowest BCUT2D eigenvalue weighted by Crippen LogP contribution is -2.39. The maximum absolute atomic E-state index is 12.6. The number of aryl methyl sites for hydroxylation is 2. The zero-order valence-corrected chi connectivity index (χ0v) is 12.3. The molecule has 1 aromatic heterocycles. The van der Waals surface area contributed by atoms with E-state index in [9.17, 15) is 4.79 Å². The van der Waals surface area contributed by atoms with Gasteiger partial charge in [0.1, 0.15) is 6.04 Å². The molecule has 2 rings (SSSR count). The largest absolute Gasteiger partial charge is 0.338 e. The lowest BCUT2D eigenvalue weighted by molar-refractivity contribution is -0.135. The summed E-state index contributed by atoms with van der Waals surface area (Å²) in [5.74, 6) is 0.584. The van der Waals surface area contributed by atoms with Crippen LogP contribution in [0.15, 0.2) is 6.07 Å². The highest BCUT2D eigenvalue weighted by molar-refractivity contribution is 5.80. The van der Waals surface area contributed by atoms with E-state index in [0.29, 0.717) is 12.5 Å². The molecule has 1 aliphatic rings. The second-order valence-corrected chi connectivity index (χ2v) is 5.72. The van der Waals surface area contributed by atoms with Gasteiger partial charge in [-0.2, -0.15) is 5.10 Å². The van der Waals surface area contributed by atoms with Gasteiger partial charge in [-0.25, -0.2) is 0 Å². The number of rotatable bonds is 3. The van der Waals surface area contributed by atoms with Crippen molar-refractivity contribution in [3.05, 3.63) is 17.5 Å². The van der Waals surface area contributed by atoms with Crippen LogP contribution in [0.1, 0.15) is 37.7 Å². The molecule has 5 nitrogen and oxygen atoms in total. The fourth-order valence-corrected chi connectivity index (χ4v) is 3.00. The standard InChI is InChI=1S/C14H24N4O/c1-9-5-11(3)18(16-9)12(4)14(19)17-8-13(7-15)6-10(17)2/h5,10,12-13H,6-8,15H2,1-4H3. The molecule has 0 spiro atoms. The normalized spacial score (nSPS) is 24.8. The van der Waals surface area contributed by atoms with E-state index in [4.69, 9.17) is 5.73 Å². The lowest BCUT2D eigenvalue weighted by Gasteiger charge is -2.25. The van der Waals surface area contributed by atoms with Crippen LogP contribution in [0.3, 0.4) is 0 Å². The third-order valence-corrected chi connectivity index (χ3v) is 4.05. The predicted octanol–water partition coefficient (Wildman–Crippen LogP) is 1.26. The summed E-state index contributed by atoms with van der Waals surface area (Å²) < 4.78 is 1.82. The Morgan fingerprint density at radius 3 is 2.74 bits per heavy atom. The second-order valence-electron chi connectivity index (χ2n) is 5.72. The van der Waals surface area contributed by atoms with Crippen LogP contribution in [0.5, 0.6) is 0 Å². The summed E-state index contributed by atoms with van der Waals surface area (Å²) in [6.45, 7) is 9.39. The Balaban J connectivity index is 2.13. The van der Waals surface area contributed by atoms with Crippen molar-refractivity contribution in [1.29, 1.82) is 0 Å². The van der Waals surface area contributed by atoms with E-state index in [1.54, 1.807) is 0 Å². The highest BCUT2D eigenvalue weighted by Gasteiger charge is 2.34. The van der Waals surface area contributed by atoms with Crippen LogP contribution in [-0.4, -0.2) is 39.7 Å². The average Bonchev–Trinajstić information content (AvgIpc) is 2.90. The molecule has 1 aliphatic heterocycles. The molecule has 106 valence electrons. The van der Waals surface area contributed by atoms with E-state index >= 15 is 0 Å². The Labute approximate surface area is 114 Å². The predicted molar refractivity (Wildman–Crippen MR) is 74.7 cm³/mol. The molecule has 2 N–H and O–H groups in total. The van der Waals surface area contributed by atoms with Crippen molar-refractivity contribution < 1.29 is 4.79 Å². The van der Waals surface area contributed by atoms with Crippen molar-refractivity contribution in [3.8, 4) is 0 Å². The van der Waals surface area contributed by atoms with Gasteiger partial charge in [0.2, 0.25) is 5.91 Å². The maximum atomic E-state index is 12.6. The Hall–Kier alpha value is -1.36.